The first-order valence-corrected chi connectivity index (χ1v) is 8.36. The van der Waals surface area contributed by atoms with Gasteiger partial charge in [0.05, 0.1) is 13.3 Å². The summed E-state index contributed by atoms with van der Waals surface area (Å²) < 4.78 is 11.3. The Morgan fingerprint density at radius 1 is 1.23 bits per heavy atom. The van der Waals surface area contributed by atoms with E-state index in [-0.39, 0.29) is 5.91 Å². The number of benzene rings is 2. The standard InChI is InChI=1S/C18H17BrN2O5/c1-11(18(23)24)26-15-7-6-12(8-16(15)25-2)10-20-21-17(22)13-4-3-5-14(19)9-13/h3-11H,1-2H3,(H,21,22)(H,23,24)/b20-10-/t11-/m1/s1. The first-order valence-electron chi connectivity index (χ1n) is 7.57. The number of halogens is 1. The van der Waals surface area contributed by atoms with Gasteiger partial charge in [-0.2, -0.15) is 5.10 Å². The Kier molecular flexibility index (Phi) is 6.74. The van der Waals surface area contributed by atoms with Gasteiger partial charge in [0, 0.05) is 10.0 Å². The second-order valence-corrected chi connectivity index (χ2v) is 6.13. The van der Waals surface area contributed by atoms with Gasteiger partial charge < -0.3 is 14.6 Å². The van der Waals surface area contributed by atoms with E-state index in [2.05, 4.69) is 26.5 Å². The highest BCUT2D eigenvalue weighted by molar-refractivity contribution is 9.10. The lowest BCUT2D eigenvalue weighted by molar-refractivity contribution is -0.144. The molecule has 0 spiro atoms. The molecule has 0 saturated heterocycles. The number of carboxylic acids is 1. The molecule has 1 atom stereocenters. The van der Waals surface area contributed by atoms with Crippen molar-refractivity contribution in [2.24, 2.45) is 5.10 Å². The number of methoxy groups -OCH3 is 1. The highest BCUT2D eigenvalue weighted by Gasteiger charge is 2.15. The van der Waals surface area contributed by atoms with Gasteiger partial charge in [-0.15, -0.1) is 0 Å². The minimum absolute atomic E-state index is 0.303. The number of carbonyl (C=O) groups excluding carboxylic acids is 1. The first-order chi connectivity index (χ1) is 12.4. The third kappa shape index (κ3) is 5.32. The molecule has 1 amide bonds. The van der Waals surface area contributed by atoms with Crippen LogP contribution in [0.3, 0.4) is 0 Å². The van der Waals surface area contributed by atoms with E-state index >= 15 is 0 Å². The van der Waals surface area contributed by atoms with Crippen LogP contribution in [0.5, 0.6) is 11.5 Å². The number of nitrogens with zero attached hydrogens (tertiary/aromatic N) is 1. The molecule has 0 aliphatic heterocycles. The number of carbonyl (C=O) groups is 2. The summed E-state index contributed by atoms with van der Waals surface area (Å²) in [6.07, 6.45) is 0.441. The molecule has 7 nitrogen and oxygen atoms in total. The van der Waals surface area contributed by atoms with Crippen molar-refractivity contribution in [2.75, 3.05) is 7.11 Å². The van der Waals surface area contributed by atoms with E-state index in [0.717, 1.165) is 4.47 Å². The predicted molar refractivity (Wildman–Crippen MR) is 99.9 cm³/mol. The summed E-state index contributed by atoms with van der Waals surface area (Å²) in [6, 6.07) is 11.8. The zero-order valence-corrected chi connectivity index (χ0v) is 15.7. The monoisotopic (exact) mass is 420 g/mol. The lowest BCUT2D eigenvalue weighted by atomic mass is 10.2. The summed E-state index contributed by atoms with van der Waals surface area (Å²) in [4.78, 5) is 22.9. The molecule has 136 valence electrons. The zero-order valence-electron chi connectivity index (χ0n) is 14.1. The van der Waals surface area contributed by atoms with Crippen LogP contribution in [0, 0.1) is 0 Å². The molecule has 2 N–H and O–H groups in total. The maximum absolute atomic E-state index is 12.0. The van der Waals surface area contributed by atoms with Gasteiger partial charge in [0.15, 0.2) is 17.6 Å². The van der Waals surface area contributed by atoms with Gasteiger partial charge in [-0.3, -0.25) is 4.79 Å². The molecule has 0 bridgehead atoms. The fraction of sp³-hybridized carbons (Fsp3) is 0.167. The third-order valence-corrected chi connectivity index (χ3v) is 3.80. The molecule has 0 saturated carbocycles. The van der Waals surface area contributed by atoms with Crippen molar-refractivity contribution in [3.05, 3.63) is 58.1 Å². The molecule has 0 aromatic heterocycles. The Bertz CT molecular complexity index is 838. The molecule has 0 unspecified atom stereocenters. The smallest absolute Gasteiger partial charge is 0.344 e. The number of ether oxygens (including phenoxy) is 2. The van der Waals surface area contributed by atoms with Crippen LogP contribution in [0.2, 0.25) is 0 Å². The van der Waals surface area contributed by atoms with Crippen molar-refractivity contribution >= 4 is 34.0 Å². The Morgan fingerprint density at radius 3 is 2.65 bits per heavy atom. The van der Waals surface area contributed by atoms with Crippen molar-refractivity contribution in [3.63, 3.8) is 0 Å². The normalized spacial score (nSPS) is 11.8. The lowest BCUT2D eigenvalue weighted by Gasteiger charge is -2.14. The van der Waals surface area contributed by atoms with Gasteiger partial charge >= 0.3 is 5.97 Å². The van der Waals surface area contributed by atoms with Crippen LogP contribution in [-0.4, -0.2) is 36.4 Å². The van der Waals surface area contributed by atoms with Crippen LogP contribution in [-0.2, 0) is 4.79 Å². The van der Waals surface area contributed by atoms with E-state index in [4.69, 9.17) is 14.6 Å². The quantitative estimate of drug-likeness (QED) is 0.529. The van der Waals surface area contributed by atoms with Crippen molar-refractivity contribution in [1.29, 1.82) is 0 Å². The maximum Gasteiger partial charge on any atom is 0.344 e. The van der Waals surface area contributed by atoms with E-state index in [1.165, 1.54) is 20.2 Å². The van der Waals surface area contributed by atoms with Crippen LogP contribution in [0.4, 0.5) is 0 Å². The van der Waals surface area contributed by atoms with E-state index in [9.17, 15) is 9.59 Å². The average molecular weight is 421 g/mol. The molecule has 8 heteroatoms. The molecule has 0 aliphatic carbocycles. The summed E-state index contributed by atoms with van der Waals surface area (Å²) in [5, 5.41) is 12.8. The van der Waals surface area contributed by atoms with E-state index < -0.39 is 12.1 Å². The summed E-state index contributed by atoms with van der Waals surface area (Å²) in [6.45, 7) is 1.43. The molecule has 2 aromatic rings. The molecule has 2 aromatic carbocycles. The number of rotatable bonds is 7. The molecule has 0 radical (unpaired) electrons. The highest BCUT2D eigenvalue weighted by Crippen LogP contribution is 2.28. The van der Waals surface area contributed by atoms with Gasteiger partial charge in [0.1, 0.15) is 0 Å². The number of aliphatic carboxylic acids is 1. The second-order valence-electron chi connectivity index (χ2n) is 5.22. The molecule has 0 aliphatic rings. The van der Waals surface area contributed by atoms with E-state index in [1.54, 1.807) is 36.4 Å². The maximum atomic E-state index is 12.0. The van der Waals surface area contributed by atoms with Crippen LogP contribution >= 0.6 is 15.9 Å². The number of hydrogen-bond acceptors (Lipinski definition) is 5. The SMILES string of the molecule is COc1cc(/C=N\NC(=O)c2cccc(Br)c2)ccc1O[C@H](C)C(=O)O. The summed E-state index contributed by atoms with van der Waals surface area (Å²) in [5.74, 6) is -0.754. The highest BCUT2D eigenvalue weighted by atomic mass is 79.9. The summed E-state index contributed by atoms with van der Waals surface area (Å²) in [7, 11) is 1.45. The van der Waals surface area contributed by atoms with E-state index in [1.807, 2.05) is 6.07 Å². The third-order valence-electron chi connectivity index (χ3n) is 3.31. The summed E-state index contributed by atoms with van der Waals surface area (Å²) in [5.41, 5.74) is 3.55. The van der Waals surface area contributed by atoms with Crippen molar-refractivity contribution in [2.45, 2.75) is 13.0 Å². The van der Waals surface area contributed by atoms with Crippen LogP contribution < -0.4 is 14.9 Å². The first kappa shape index (κ1) is 19.5. The molecule has 2 rings (SSSR count). The molecule has 0 fully saturated rings. The van der Waals surface area contributed by atoms with Gasteiger partial charge in [-0.1, -0.05) is 22.0 Å². The van der Waals surface area contributed by atoms with Crippen LogP contribution in [0.25, 0.3) is 0 Å². The second kappa shape index (κ2) is 9.00. The minimum Gasteiger partial charge on any atom is -0.493 e. The van der Waals surface area contributed by atoms with Crippen LogP contribution in [0.1, 0.15) is 22.8 Å². The number of hydrogen-bond donors (Lipinski definition) is 2. The Labute approximate surface area is 158 Å². The lowest BCUT2D eigenvalue weighted by Crippen LogP contribution is -2.23. The Morgan fingerprint density at radius 2 is 2.00 bits per heavy atom. The fourth-order valence-electron chi connectivity index (χ4n) is 1.96. The summed E-state index contributed by atoms with van der Waals surface area (Å²) >= 11 is 3.30. The molecule has 26 heavy (non-hydrogen) atoms. The fourth-order valence-corrected chi connectivity index (χ4v) is 2.36. The van der Waals surface area contributed by atoms with Gasteiger partial charge in [-0.05, 0) is 48.9 Å². The van der Waals surface area contributed by atoms with Crippen molar-refractivity contribution in [1.82, 2.24) is 5.43 Å². The molecule has 0 heterocycles. The number of nitrogens with one attached hydrogen (secondary N) is 1. The number of hydrazone groups is 1. The van der Waals surface area contributed by atoms with Crippen molar-refractivity contribution < 1.29 is 24.2 Å². The van der Waals surface area contributed by atoms with E-state index in [0.29, 0.717) is 22.6 Å². The van der Waals surface area contributed by atoms with Crippen molar-refractivity contribution in [3.8, 4) is 11.5 Å². The van der Waals surface area contributed by atoms with Gasteiger partial charge in [0.25, 0.3) is 5.91 Å². The zero-order chi connectivity index (χ0) is 19.1. The Balaban J connectivity index is 2.06. The predicted octanol–water partition coefficient (Wildman–Crippen LogP) is 3.07. The molecular formula is C18H17BrN2O5. The minimum atomic E-state index is -1.08. The Hall–Kier alpha value is -2.87. The topological polar surface area (TPSA) is 97.2 Å². The average Bonchev–Trinajstić information content (AvgIpc) is 2.62. The van der Waals surface area contributed by atoms with Crippen LogP contribution in [0.15, 0.2) is 52.0 Å². The van der Waals surface area contributed by atoms with Gasteiger partial charge in [-0.25, -0.2) is 10.2 Å². The number of carboxylic acid groups (broad SMARTS) is 1. The molecular weight excluding hydrogens is 404 g/mol. The largest absolute Gasteiger partial charge is 0.493 e. The van der Waals surface area contributed by atoms with Gasteiger partial charge in [0.2, 0.25) is 0 Å². The number of amides is 1.